The van der Waals surface area contributed by atoms with Crippen LogP contribution in [0.3, 0.4) is 0 Å². The first kappa shape index (κ1) is 19.6. The second kappa shape index (κ2) is 9.16. The topological polar surface area (TPSA) is 91.6 Å². The van der Waals surface area contributed by atoms with Gasteiger partial charge in [-0.2, -0.15) is 5.26 Å². The second-order valence-electron chi connectivity index (χ2n) is 6.73. The van der Waals surface area contributed by atoms with Crippen molar-refractivity contribution < 1.29 is 4.79 Å². The molecule has 146 valence electrons. The second-order valence-corrected chi connectivity index (χ2v) is 8.68. The molecule has 0 fully saturated rings. The molecule has 1 aliphatic carbocycles. The van der Waals surface area contributed by atoms with E-state index in [0.29, 0.717) is 15.7 Å². The molecule has 2 heterocycles. The molecule has 0 aliphatic heterocycles. The van der Waals surface area contributed by atoms with Gasteiger partial charge in [0.25, 0.3) is 0 Å². The number of benzene rings is 1. The van der Waals surface area contributed by atoms with Gasteiger partial charge in [-0.3, -0.25) is 10.1 Å². The molecule has 1 N–H and O–H groups in total. The number of aromatic nitrogens is 3. The molecule has 0 saturated heterocycles. The number of amides is 1. The summed E-state index contributed by atoms with van der Waals surface area (Å²) in [7, 11) is 0. The Morgan fingerprint density at radius 1 is 1.17 bits per heavy atom. The van der Waals surface area contributed by atoms with Crippen molar-refractivity contribution in [3.05, 3.63) is 53.2 Å². The Labute approximate surface area is 177 Å². The maximum absolute atomic E-state index is 12.4. The molecule has 0 radical (unpaired) electrons. The number of hydrogen-bond donors (Lipinski definition) is 1. The Bertz CT molecular complexity index is 1060. The number of hydrogen-bond acceptors (Lipinski definition) is 7. The minimum atomic E-state index is -0.189. The first-order chi connectivity index (χ1) is 14.2. The number of rotatable bonds is 5. The number of thioether (sulfide) groups is 1. The van der Waals surface area contributed by atoms with Crippen LogP contribution in [0, 0.1) is 11.3 Å². The van der Waals surface area contributed by atoms with Gasteiger partial charge in [-0.05, 0) is 37.3 Å². The third-order valence-electron chi connectivity index (χ3n) is 4.67. The molecule has 0 atom stereocenters. The summed E-state index contributed by atoms with van der Waals surface area (Å²) in [5.74, 6) is -0.0211. The minimum absolute atomic E-state index is 0.167. The lowest BCUT2D eigenvalue weighted by Gasteiger charge is -2.09. The monoisotopic (exact) mass is 421 g/mol. The van der Waals surface area contributed by atoms with Crippen LogP contribution in [0.25, 0.3) is 10.6 Å². The molecular weight excluding hydrogens is 402 g/mol. The molecule has 0 saturated carbocycles. The van der Waals surface area contributed by atoms with Gasteiger partial charge in [-0.15, -0.1) is 10.2 Å². The van der Waals surface area contributed by atoms with Crippen molar-refractivity contribution in [2.45, 2.75) is 37.1 Å². The van der Waals surface area contributed by atoms with Crippen molar-refractivity contribution in [2.24, 2.45) is 0 Å². The van der Waals surface area contributed by atoms with E-state index in [0.717, 1.165) is 41.9 Å². The number of fused-ring (bicyclic) bond motifs is 1. The van der Waals surface area contributed by atoms with Crippen LogP contribution < -0.4 is 5.32 Å². The van der Waals surface area contributed by atoms with Crippen molar-refractivity contribution in [2.75, 3.05) is 11.1 Å². The number of carbonyl (C=O) groups excluding carboxylic acids is 1. The lowest BCUT2D eigenvalue weighted by atomic mass is 10.1. The predicted molar refractivity (Wildman–Crippen MR) is 115 cm³/mol. The van der Waals surface area contributed by atoms with E-state index in [1.165, 1.54) is 35.1 Å². The molecule has 6 nitrogen and oxygen atoms in total. The summed E-state index contributed by atoms with van der Waals surface area (Å²) in [4.78, 5) is 17.1. The summed E-state index contributed by atoms with van der Waals surface area (Å²) in [5, 5.41) is 22.3. The number of nitriles is 1. The molecule has 8 heteroatoms. The fourth-order valence-corrected chi connectivity index (χ4v) is 4.78. The average Bonchev–Trinajstić information content (AvgIpc) is 3.09. The van der Waals surface area contributed by atoms with Crippen LogP contribution in [0.15, 0.2) is 41.4 Å². The van der Waals surface area contributed by atoms with Gasteiger partial charge in [0.1, 0.15) is 16.1 Å². The lowest BCUT2D eigenvalue weighted by Crippen LogP contribution is -2.14. The first-order valence-electron chi connectivity index (χ1n) is 9.47. The van der Waals surface area contributed by atoms with E-state index in [9.17, 15) is 10.1 Å². The number of anilines is 1. The van der Waals surface area contributed by atoms with Gasteiger partial charge in [-0.25, -0.2) is 4.98 Å². The number of nitrogens with one attached hydrogen (secondary N) is 1. The smallest absolute Gasteiger partial charge is 0.236 e. The highest BCUT2D eigenvalue weighted by molar-refractivity contribution is 8.00. The molecule has 0 spiro atoms. The molecule has 0 unspecified atom stereocenters. The first-order valence-corrected chi connectivity index (χ1v) is 11.3. The zero-order valence-electron chi connectivity index (χ0n) is 15.7. The van der Waals surface area contributed by atoms with Gasteiger partial charge in [0.15, 0.2) is 0 Å². The van der Waals surface area contributed by atoms with Crippen LogP contribution >= 0.6 is 23.1 Å². The maximum atomic E-state index is 12.4. The Morgan fingerprint density at radius 2 is 2.00 bits per heavy atom. The third kappa shape index (κ3) is 4.81. The molecule has 29 heavy (non-hydrogen) atoms. The maximum Gasteiger partial charge on any atom is 0.236 e. The summed E-state index contributed by atoms with van der Waals surface area (Å²) < 4.78 is 0. The lowest BCUT2D eigenvalue weighted by molar-refractivity contribution is -0.113. The van der Waals surface area contributed by atoms with Crippen molar-refractivity contribution in [3.8, 4) is 16.6 Å². The van der Waals surface area contributed by atoms with Gasteiger partial charge in [0.05, 0.1) is 11.3 Å². The summed E-state index contributed by atoms with van der Waals surface area (Å²) in [6, 6.07) is 13.9. The molecule has 2 aromatic heterocycles. The van der Waals surface area contributed by atoms with E-state index in [4.69, 9.17) is 4.98 Å². The average molecular weight is 422 g/mol. The van der Waals surface area contributed by atoms with E-state index in [-0.39, 0.29) is 11.7 Å². The van der Waals surface area contributed by atoms with Crippen LogP contribution in [-0.2, 0) is 17.6 Å². The number of pyridine rings is 1. The third-order valence-corrected chi connectivity index (χ3v) is 6.55. The van der Waals surface area contributed by atoms with Crippen molar-refractivity contribution in [1.29, 1.82) is 5.26 Å². The van der Waals surface area contributed by atoms with Crippen LogP contribution in [-0.4, -0.2) is 26.8 Å². The van der Waals surface area contributed by atoms with E-state index >= 15 is 0 Å². The minimum Gasteiger partial charge on any atom is -0.300 e. The van der Waals surface area contributed by atoms with Gasteiger partial charge in [0, 0.05) is 11.3 Å². The number of carbonyl (C=O) groups is 1. The normalized spacial score (nSPS) is 13.2. The van der Waals surface area contributed by atoms with E-state index in [1.807, 2.05) is 36.4 Å². The highest BCUT2D eigenvalue weighted by Gasteiger charge is 2.16. The molecule has 4 rings (SSSR count). The zero-order chi connectivity index (χ0) is 20.1. The number of nitrogens with zero attached hydrogens (tertiary/aromatic N) is 4. The number of aryl methyl sites for hydroxylation is 2. The predicted octanol–water partition coefficient (Wildman–Crippen LogP) is 4.47. The van der Waals surface area contributed by atoms with Gasteiger partial charge in [0.2, 0.25) is 11.0 Å². The fourth-order valence-electron chi connectivity index (χ4n) is 3.24. The summed E-state index contributed by atoms with van der Waals surface area (Å²) >= 11 is 2.63. The van der Waals surface area contributed by atoms with Crippen molar-refractivity contribution in [3.63, 3.8) is 0 Å². The van der Waals surface area contributed by atoms with Crippen LogP contribution in [0.2, 0.25) is 0 Å². The summed E-state index contributed by atoms with van der Waals surface area (Å²) in [6.07, 6.45) is 5.37. The van der Waals surface area contributed by atoms with E-state index in [2.05, 4.69) is 21.6 Å². The van der Waals surface area contributed by atoms with Crippen molar-refractivity contribution >= 4 is 34.1 Å². The Kier molecular flexibility index (Phi) is 6.17. The fraction of sp³-hybridized carbons (Fsp3) is 0.286. The van der Waals surface area contributed by atoms with Crippen LogP contribution in [0.4, 0.5) is 5.13 Å². The molecule has 1 amide bonds. The molecule has 3 aromatic rings. The largest absolute Gasteiger partial charge is 0.300 e. The Hall–Kier alpha value is -2.76. The highest BCUT2D eigenvalue weighted by atomic mass is 32.2. The quantitative estimate of drug-likeness (QED) is 0.483. The van der Waals surface area contributed by atoms with Crippen LogP contribution in [0.1, 0.15) is 36.1 Å². The zero-order valence-corrected chi connectivity index (χ0v) is 17.4. The standard InChI is InChI=1S/C21H19N5OS2/c22-12-16-11-15-9-5-2-6-10-17(15)23-19(16)28-13-18(27)24-21-26-25-20(29-21)14-7-3-1-4-8-14/h1,3-4,7-8,11H,2,5-6,9-10,13H2,(H,24,26,27). The molecule has 0 bridgehead atoms. The summed E-state index contributed by atoms with van der Waals surface area (Å²) in [5.41, 5.74) is 3.76. The highest BCUT2D eigenvalue weighted by Crippen LogP contribution is 2.28. The molecule has 1 aromatic carbocycles. The van der Waals surface area contributed by atoms with Gasteiger partial charge in [-0.1, -0.05) is 59.9 Å². The van der Waals surface area contributed by atoms with Gasteiger partial charge >= 0.3 is 0 Å². The van der Waals surface area contributed by atoms with Crippen LogP contribution in [0.5, 0.6) is 0 Å². The Morgan fingerprint density at radius 3 is 2.83 bits per heavy atom. The molecular formula is C21H19N5OS2. The SMILES string of the molecule is N#Cc1cc2c(nc1SCC(=O)Nc1nnc(-c3ccccc3)s1)CCCCC2. The summed E-state index contributed by atoms with van der Waals surface area (Å²) in [6.45, 7) is 0. The van der Waals surface area contributed by atoms with Gasteiger partial charge < -0.3 is 0 Å². The van der Waals surface area contributed by atoms with E-state index < -0.39 is 0 Å². The molecule has 1 aliphatic rings. The van der Waals surface area contributed by atoms with Crippen molar-refractivity contribution in [1.82, 2.24) is 15.2 Å². The Balaban J connectivity index is 1.41. The van der Waals surface area contributed by atoms with E-state index in [1.54, 1.807) is 0 Å².